The SMILES string of the molecule is NC(=S)c1cccc(OCc2cccc(F)c2)c1. The Balaban J connectivity index is 2.06. The zero-order chi connectivity index (χ0) is 13.0. The Bertz CT molecular complexity index is 571. The summed E-state index contributed by atoms with van der Waals surface area (Å²) < 4.78 is 18.5. The number of rotatable bonds is 4. The Morgan fingerprint density at radius 3 is 2.67 bits per heavy atom. The first-order valence-corrected chi connectivity index (χ1v) is 5.83. The maximum atomic E-state index is 13.0. The minimum atomic E-state index is -0.270. The van der Waals surface area contributed by atoms with Gasteiger partial charge in [0.1, 0.15) is 23.2 Å². The standard InChI is InChI=1S/C14H12FNOS/c15-12-5-1-3-10(7-12)9-17-13-6-2-4-11(8-13)14(16)18/h1-8H,9H2,(H2,16,18). The normalized spacial score (nSPS) is 10.1. The van der Waals surface area contributed by atoms with Crippen molar-refractivity contribution in [2.24, 2.45) is 5.73 Å². The first-order valence-electron chi connectivity index (χ1n) is 5.42. The Labute approximate surface area is 110 Å². The largest absolute Gasteiger partial charge is 0.489 e. The number of thiocarbonyl (C=S) groups is 1. The number of halogens is 1. The van der Waals surface area contributed by atoms with Crippen LogP contribution in [0.4, 0.5) is 4.39 Å². The summed E-state index contributed by atoms with van der Waals surface area (Å²) >= 11 is 4.89. The van der Waals surface area contributed by atoms with Crippen LogP contribution in [-0.4, -0.2) is 4.99 Å². The fraction of sp³-hybridized carbons (Fsp3) is 0.0714. The Morgan fingerprint density at radius 1 is 1.17 bits per heavy atom. The quantitative estimate of drug-likeness (QED) is 0.859. The third-order valence-corrected chi connectivity index (χ3v) is 2.65. The van der Waals surface area contributed by atoms with Crippen LogP contribution < -0.4 is 10.5 Å². The zero-order valence-electron chi connectivity index (χ0n) is 9.60. The second-order valence-electron chi connectivity index (χ2n) is 3.81. The molecule has 2 N–H and O–H groups in total. The molecule has 0 bridgehead atoms. The molecule has 2 nitrogen and oxygen atoms in total. The lowest BCUT2D eigenvalue weighted by Gasteiger charge is -2.07. The van der Waals surface area contributed by atoms with Crippen molar-refractivity contribution in [1.29, 1.82) is 0 Å². The van der Waals surface area contributed by atoms with E-state index in [0.29, 0.717) is 17.3 Å². The molecule has 0 amide bonds. The van der Waals surface area contributed by atoms with Crippen LogP contribution in [0.3, 0.4) is 0 Å². The van der Waals surface area contributed by atoms with Crippen LogP contribution >= 0.6 is 12.2 Å². The maximum absolute atomic E-state index is 13.0. The van der Waals surface area contributed by atoms with E-state index in [1.807, 2.05) is 12.1 Å². The van der Waals surface area contributed by atoms with Crippen LogP contribution in [-0.2, 0) is 6.61 Å². The van der Waals surface area contributed by atoms with Gasteiger partial charge < -0.3 is 10.5 Å². The lowest BCUT2D eigenvalue weighted by Crippen LogP contribution is -2.09. The Kier molecular flexibility index (Phi) is 3.89. The highest BCUT2D eigenvalue weighted by molar-refractivity contribution is 7.80. The van der Waals surface area contributed by atoms with E-state index in [2.05, 4.69) is 0 Å². The summed E-state index contributed by atoms with van der Waals surface area (Å²) in [4.78, 5) is 0.325. The molecule has 92 valence electrons. The van der Waals surface area contributed by atoms with Gasteiger partial charge in [-0.15, -0.1) is 0 Å². The fourth-order valence-electron chi connectivity index (χ4n) is 1.53. The Hall–Kier alpha value is -1.94. The molecule has 0 heterocycles. The molecule has 0 unspecified atom stereocenters. The van der Waals surface area contributed by atoms with E-state index in [9.17, 15) is 4.39 Å². The minimum Gasteiger partial charge on any atom is -0.489 e. The number of hydrogen-bond donors (Lipinski definition) is 1. The molecule has 0 aliphatic rings. The molecule has 2 rings (SSSR count). The summed E-state index contributed by atoms with van der Waals surface area (Å²) in [6.07, 6.45) is 0. The van der Waals surface area contributed by atoms with Gasteiger partial charge >= 0.3 is 0 Å². The lowest BCUT2D eigenvalue weighted by atomic mass is 10.2. The predicted molar refractivity (Wildman–Crippen MR) is 73.1 cm³/mol. The summed E-state index contributed by atoms with van der Waals surface area (Å²) in [7, 11) is 0. The summed E-state index contributed by atoms with van der Waals surface area (Å²) in [6.45, 7) is 0.304. The third kappa shape index (κ3) is 3.28. The number of ether oxygens (including phenoxy) is 1. The van der Waals surface area contributed by atoms with Gasteiger partial charge in [-0.3, -0.25) is 0 Å². The molecule has 2 aromatic carbocycles. The van der Waals surface area contributed by atoms with Gasteiger partial charge in [0.2, 0.25) is 0 Å². The van der Waals surface area contributed by atoms with Gasteiger partial charge in [-0.25, -0.2) is 4.39 Å². The molecule has 4 heteroatoms. The topological polar surface area (TPSA) is 35.2 Å². The summed E-state index contributed by atoms with van der Waals surface area (Å²) in [6, 6.07) is 13.5. The molecule has 0 saturated carbocycles. The zero-order valence-corrected chi connectivity index (χ0v) is 10.4. The summed E-state index contributed by atoms with van der Waals surface area (Å²) in [5.41, 5.74) is 7.06. The average Bonchev–Trinajstić information content (AvgIpc) is 2.37. The molecular formula is C14H12FNOS. The van der Waals surface area contributed by atoms with Crippen molar-refractivity contribution in [2.45, 2.75) is 6.61 Å². The monoisotopic (exact) mass is 261 g/mol. The molecule has 0 aliphatic heterocycles. The van der Waals surface area contributed by atoms with E-state index in [1.54, 1.807) is 24.3 Å². The summed E-state index contributed by atoms with van der Waals surface area (Å²) in [5, 5.41) is 0. The van der Waals surface area contributed by atoms with E-state index in [4.69, 9.17) is 22.7 Å². The van der Waals surface area contributed by atoms with Crippen LogP contribution in [0.1, 0.15) is 11.1 Å². The van der Waals surface area contributed by atoms with Crippen molar-refractivity contribution in [2.75, 3.05) is 0 Å². The molecule has 18 heavy (non-hydrogen) atoms. The second kappa shape index (κ2) is 5.60. The highest BCUT2D eigenvalue weighted by atomic mass is 32.1. The van der Waals surface area contributed by atoms with Crippen LogP contribution in [0.25, 0.3) is 0 Å². The number of hydrogen-bond acceptors (Lipinski definition) is 2. The van der Waals surface area contributed by atoms with Gasteiger partial charge in [0.25, 0.3) is 0 Å². The lowest BCUT2D eigenvalue weighted by molar-refractivity contribution is 0.305. The maximum Gasteiger partial charge on any atom is 0.123 e. The van der Waals surface area contributed by atoms with Crippen molar-refractivity contribution in [3.63, 3.8) is 0 Å². The van der Waals surface area contributed by atoms with Crippen molar-refractivity contribution in [3.05, 3.63) is 65.5 Å². The molecule has 0 spiro atoms. The first kappa shape index (κ1) is 12.5. The van der Waals surface area contributed by atoms with Gasteiger partial charge in [0.15, 0.2) is 0 Å². The predicted octanol–water partition coefficient (Wildman–Crippen LogP) is 3.04. The molecule has 0 saturated heterocycles. The van der Waals surface area contributed by atoms with E-state index in [-0.39, 0.29) is 5.82 Å². The van der Waals surface area contributed by atoms with Crippen LogP contribution in [0, 0.1) is 5.82 Å². The second-order valence-corrected chi connectivity index (χ2v) is 4.25. The van der Waals surface area contributed by atoms with E-state index < -0.39 is 0 Å². The van der Waals surface area contributed by atoms with E-state index >= 15 is 0 Å². The van der Waals surface area contributed by atoms with E-state index in [1.165, 1.54) is 12.1 Å². The summed E-state index contributed by atoms with van der Waals surface area (Å²) in [5.74, 6) is 0.387. The van der Waals surface area contributed by atoms with Gasteiger partial charge in [-0.05, 0) is 29.8 Å². The number of benzene rings is 2. The molecule has 0 atom stereocenters. The van der Waals surface area contributed by atoms with Crippen molar-refractivity contribution in [3.8, 4) is 5.75 Å². The van der Waals surface area contributed by atoms with Gasteiger partial charge in [0.05, 0.1) is 0 Å². The Morgan fingerprint density at radius 2 is 1.94 bits per heavy atom. The van der Waals surface area contributed by atoms with Crippen molar-refractivity contribution < 1.29 is 9.13 Å². The molecule has 0 aromatic heterocycles. The van der Waals surface area contributed by atoms with E-state index in [0.717, 1.165) is 11.1 Å². The highest BCUT2D eigenvalue weighted by Crippen LogP contribution is 2.15. The molecule has 2 aromatic rings. The molecule has 0 radical (unpaired) electrons. The van der Waals surface area contributed by atoms with Crippen molar-refractivity contribution in [1.82, 2.24) is 0 Å². The highest BCUT2D eigenvalue weighted by Gasteiger charge is 2.00. The number of nitrogens with two attached hydrogens (primary N) is 1. The minimum absolute atomic E-state index is 0.270. The van der Waals surface area contributed by atoms with Crippen LogP contribution in [0.2, 0.25) is 0 Å². The van der Waals surface area contributed by atoms with Gasteiger partial charge in [-0.2, -0.15) is 0 Å². The van der Waals surface area contributed by atoms with Crippen LogP contribution in [0.15, 0.2) is 48.5 Å². The third-order valence-electron chi connectivity index (χ3n) is 2.41. The van der Waals surface area contributed by atoms with Crippen LogP contribution in [0.5, 0.6) is 5.75 Å². The average molecular weight is 261 g/mol. The van der Waals surface area contributed by atoms with Gasteiger partial charge in [0, 0.05) is 5.56 Å². The molecular weight excluding hydrogens is 249 g/mol. The smallest absolute Gasteiger partial charge is 0.123 e. The van der Waals surface area contributed by atoms with Gasteiger partial charge in [-0.1, -0.05) is 36.5 Å². The molecule has 0 aliphatic carbocycles. The molecule has 0 fully saturated rings. The fourth-order valence-corrected chi connectivity index (χ4v) is 1.66. The van der Waals surface area contributed by atoms with Crippen molar-refractivity contribution >= 4 is 17.2 Å². The first-order chi connectivity index (χ1) is 8.65.